The van der Waals surface area contributed by atoms with Crippen molar-refractivity contribution in [2.45, 2.75) is 18.1 Å². The molecule has 0 aliphatic rings. The SMILES string of the molecule is COC(F)(F)C(F)(F)C(F)(F)OC(F)=C(F)F. The van der Waals surface area contributed by atoms with E-state index < -0.39 is 30.2 Å². The second-order valence-electron chi connectivity index (χ2n) is 2.45. The van der Waals surface area contributed by atoms with Crippen molar-refractivity contribution in [2.24, 2.45) is 0 Å². The fourth-order valence-corrected chi connectivity index (χ4v) is 0.513. The van der Waals surface area contributed by atoms with E-state index in [9.17, 15) is 39.5 Å². The van der Waals surface area contributed by atoms with E-state index >= 15 is 0 Å². The predicted octanol–water partition coefficient (Wildman–Crippen LogP) is 3.51. The summed E-state index contributed by atoms with van der Waals surface area (Å²) in [4.78, 5) is 0. The van der Waals surface area contributed by atoms with Gasteiger partial charge < -0.3 is 9.47 Å². The Morgan fingerprint density at radius 2 is 1.24 bits per heavy atom. The maximum absolute atomic E-state index is 12.4. The van der Waals surface area contributed by atoms with E-state index in [4.69, 9.17) is 0 Å². The van der Waals surface area contributed by atoms with Crippen molar-refractivity contribution in [2.75, 3.05) is 7.11 Å². The molecule has 0 aromatic carbocycles. The van der Waals surface area contributed by atoms with Crippen molar-refractivity contribution in [3.05, 3.63) is 12.1 Å². The van der Waals surface area contributed by atoms with Crippen LogP contribution in [-0.4, -0.2) is 25.2 Å². The molecule has 0 aliphatic carbocycles. The van der Waals surface area contributed by atoms with E-state index in [1.807, 2.05) is 0 Å². The molecular weight excluding hydrogens is 275 g/mol. The van der Waals surface area contributed by atoms with Gasteiger partial charge in [0.1, 0.15) is 0 Å². The molecule has 17 heavy (non-hydrogen) atoms. The van der Waals surface area contributed by atoms with Crippen molar-refractivity contribution in [3.63, 3.8) is 0 Å². The number of hydrogen-bond donors (Lipinski definition) is 0. The Morgan fingerprint density at radius 3 is 1.53 bits per heavy atom. The van der Waals surface area contributed by atoms with Gasteiger partial charge in [-0.25, -0.2) is 0 Å². The minimum Gasteiger partial charge on any atom is -0.397 e. The summed E-state index contributed by atoms with van der Waals surface area (Å²) in [5, 5.41) is 0. The Balaban J connectivity index is 5.25. The number of alkyl halides is 6. The van der Waals surface area contributed by atoms with E-state index in [-0.39, 0.29) is 7.11 Å². The summed E-state index contributed by atoms with van der Waals surface area (Å²) in [5.41, 5.74) is 0. The third kappa shape index (κ3) is 2.96. The zero-order chi connectivity index (χ0) is 14.1. The van der Waals surface area contributed by atoms with Crippen LogP contribution in [0.4, 0.5) is 39.5 Å². The van der Waals surface area contributed by atoms with Crippen LogP contribution >= 0.6 is 0 Å². The molecule has 0 radical (unpaired) electrons. The van der Waals surface area contributed by atoms with Gasteiger partial charge in [-0.15, -0.1) is 0 Å². The van der Waals surface area contributed by atoms with Crippen molar-refractivity contribution in [1.82, 2.24) is 0 Å². The summed E-state index contributed by atoms with van der Waals surface area (Å²) in [6.07, 6.45) is -15.5. The first-order valence-electron chi connectivity index (χ1n) is 3.47. The van der Waals surface area contributed by atoms with Gasteiger partial charge >= 0.3 is 30.2 Å². The van der Waals surface area contributed by atoms with Crippen molar-refractivity contribution in [1.29, 1.82) is 0 Å². The molecule has 0 saturated carbocycles. The molecule has 0 aromatic heterocycles. The summed E-state index contributed by atoms with van der Waals surface area (Å²) in [5.74, 6) is -6.36. The number of ether oxygens (including phenoxy) is 2. The normalized spacial score (nSPS) is 13.5. The van der Waals surface area contributed by atoms with E-state index in [1.54, 1.807) is 0 Å². The van der Waals surface area contributed by atoms with Crippen LogP contribution in [0.2, 0.25) is 0 Å². The quantitative estimate of drug-likeness (QED) is 0.566. The van der Waals surface area contributed by atoms with Crippen LogP contribution in [-0.2, 0) is 9.47 Å². The van der Waals surface area contributed by atoms with Gasteiger partial charge in [0, 0.05) is 7.11 Å². The highest BCUT2D eigenvalue weighted by molar-refractivity contribution is 4.90. The molecule has 0 aromatic rings. The van der Waals surface area contributed by atoms with Crippen LogP contribution in [0.3, 0.4) is 0 Å². The molecule has 0 heterocycles. The van der Waals surface area contributed by atoms with Crippen LogP contribution in [0.1, 0.15) is 0 Å². The van der Waals surface area contributed by atoms with E-state index in [2.05, 4.69) is 9.47 Å². The Bertz CT molecular complexity index is 307. The highest BCUT2D eigenvalue weighted by Crippen LogP contribution is 2.47. The Kier molecular flexibility index (Phi) is 4.32. The second-order valence-corrected chi connectivity index (χ2v) is 2.45. The Labute approximate surface area is 87.6 Å². The summed E-state index contributed by atoms with van der Waals surface area (Å²) in [7, 11) is -0.0497. The highest BCUT2D eigenvalue weighted by atomic mass is 19.4. The fraction of sp³-hybridized carbons (Fsp3) is 0.667. The van der Waals surface area contributed by atoms with Crippen molar-refractivity contribution >= 4 is 0 Å². The molecule has 0 bridgehead atoms. The molecule has 2 nitrogen and oxygen atoms in total. The topological polar surface area (TPSA) is 18.5 Å². The van der Waals surface area contributed by atoms with Crippen LogP contribution in [0.15, 0.2) is 12.1 Å². The van der Waals surface area contributed by atoms with Gasteiger partial charge in [0.2, 0.25) is 0 Å². The van der Waals surface area contributed by atoms with Crippen molar-refractivity contribution < 1.29 is 49.0 Å². The lowest BCUT2D eigenvalue weighted by Crippen LogP contribution is -2.56. The molecule has 0 spiro atoms. The van der Waals surface area contributed by atoms with E-state index in [0.29, 0.717) is 0 Å². The molecule has 0 saturated heterocycles. The number of halogens is 9. The number of hydrogen-bond acceptors (Lipinski definition) is 2. The third-order valence-corrected chi connectivity index (χ3v) is 1.35. The average Bonchev–Trinajstić information content (AvgIpc) is 2.16. The van der Waals surface area contributed by atoms with Crippen LogP contribution in [0.25, 0.3) is 0 Å². The van der Waals surface area contributed by atoms with Crippen LogP contribution in [0.5, 0.6) is 0 Å². The molecular formula is C6H3F9O2. The molecule has 0 atom stereocenters. The maximum Gasteiger partial charge on any atom is 0.475 e. The van der Waals surface area contributed by atoms with Gasteiger partial charge in [-0.1, -0.05) is 0 Å². The lowest BCUT2D eigenvalue weighted by Gasteiger charge is -2.29. The summed E-state index contributed by atoms with van der Waals surface area (Å²) < 4.78 is 113. The highest BCUT2D eigenvalue weighted by Gasteiger charge is 2.75. The third-order valence-electron chi connectivity index (χ3n) is 1.35. The number of methoxy groups -OCH3 is 1. The fourth-order valence-electron chi connectivity index (χ4n) is 0.513. The maximum atomic E-state index is 12.4. The minimum absolute atomic E-state index is 0.0497. The first-order chi connectivity index (χ1) is 7.39. The number of rotatable bonds is 5. The molecule has 0 aliphatic heterocycles. The lowest BCUT2D eigenvalue weighted by atomic mass is 10.3. The van der Waals surface area contributed by atoms with Gasteiger partial charge in [-0.3, -0.25) is 0 Å². The van der Waals surface area contributed by atoms with Gasteiger partial charge in [0.25, 0.3) is 0 Å². The van der Waals surface area contributed by atoms with Crippen molar-refractivity contribution in [3.8, 4) is 0 Å². The average molecular weight is 278 g/mol. The lowest BCUT2D eigenvalue weighted by molar-refractivity contribution is -0.442. The molecule has 0 N–H and O–H groups in total. The molecule has 0 unspecified atom stereocenters. The van der Waals surface area contributed by atoms with Gasteiger partial charge in [0.05, 0.1) is 0 Å². The Hall–Kier alpha value is -1.13. The molecule has 0 amide bonds. The second kappa shape index (κ2) is 4.63. The standard InChI is InChI=1S/C6H3F9O2/c1-16-5(12,13)4(10,11)6(14,15)17-3(9)2(7)8/h1H3. The van der Waals surface area contributed by atoms with E-state index in [0.717, 1.165) is 0 Å². The monoisotopic (exact) mass is 278 g/mol. The zero-order valence-electron chi connectivity index (χ0n) is 7.72. The Morgan fingerprint density at radius 1 is 0.824 bits per heavy atom. The molecule has 0 rings (SSSR count). The van der Waals surface area contributed by atoms with E-state index in [1.165, 1.54) is 0 Å². The molecule has 102 valence electrons. The summed E-state index contributed by atoms with van der Waals surface area (Å²) in [6.45, 7) is 0. The smallest absolute Gasteiger partial charge is 0.397 e. The first kappa shape index (κ1) is 15.9. The molecule has 0 fully saturated rings. The molecule has 11 heteroatoms. The van der Waals surface area contributed by atoms with Crippen LogP contribution < -0.4 is 0 Å². The zero-order valence-corrected chi connectivity index (χ0v) is 7.72. The van der Waals surface area contributed by atoms with Gasteiger partial charge in [0.15, 0.2) is 0 Å². The predicted molar refractivity (Wildman–Crippen MR) is 33.3 cm³/mol. The summed E-state index contributed by atoms with van der Waals surface area (Å²) >= 11 is 0. The van der Waals surface area contributed by atoms with Gasteiger partial charge in [-0.2, -0.15) is 39.5 Å². The van der Waals surface area contributed by atoms with Gasteiger partial charge in [-0.05, 0) is 0 Å². The van der Waals surface area contributed by atoms with Crippen LogP contribution in [0, 0.1) is 0 Å². The first-order valence-corrected chi connectivity index (χ1v) is 3.47. The largest absolute Gasteiger partial charge is 0.475 e. The summed E-state index contributed by atoms with van der Waals surface area (Å²) in [6, 6.07) is -3.40. The minimum atomic E-state index is -6.36.